The predicted molar refractivity (Wildman–Crippen MR) is 69.2 cm³/mol. The molecule has 3 heteroatoms. The van der Waals surface area contributed by atoms with Gasteiger partial charge < -0.3 is 5.11 Å². The van der Waals surface area contributed by atoms with Crippen LogP contribution in [0.1, 0.15) is 30.4 Å². The minimum atomic E-state index is -0.848. The molecule has 1 aromatic carbocycles. The maximum Gasteiger partial charge on any atom is 0.310 e. The standard InChI is InChI=1S/C15H14O3/c1-10(15(17)18)13-4-2-3-5-14(13)11-6-8-12(16)9-7-11/h2-8,10H,9H2,1H3,(H,17,18). The van der Waals surface area contributed by atoms with Crippen molar-refractivity contribution in [1.82, 2.24) is 0 Å². The molecule has 2 rings (SSSR count). The normalized spacial score (nSPS) is 16.3. The van der Waals surface area contributed by atoms with Gasteiger partial charge in [-0.3, -0.25) is 9.59 Å². The Kier molecular flexibility index (Phi) is 3.42. The molecule has 1 aromatic rings. The van der Waals surface area contributed by atoms with E-state index in [-0.39, 0.29) is 5.78 Å². The zero-order valence-electron chi connectivity index (χ0n) is 10.1. The van der Waals surface area contributed by atoms with Gasteiger partial charge in [-0.1, -0.05) is 36.4 Å². The Balaban J connectivity index is 2.43. The molecule has 0 saturated heterocycles. The van der Waals surface area contributed by atoms with E-state index in [0.29, 0.717) is 6.42 Å². The van der Waals surface area contributed by atoms with Gasteiger partial charge in [-0.15, -0.1) is 0 Å². The molecule has 0 heterocycles. The molecule has 3 nitrogen and oxygen atoms in total. The van der Waals surface area contributed by atoms with E-state index in [0.717, 1.165) is 16.7 Å². The fourth-order valence-electron chi connectivity index (χ4n) is 2.00. The van der Waals surface area contributed by atoms with Gasteiger partial charge in [-0.25, -0.2) is 0 Å². The van der Waals surface area contributed by atoms with Crippen LogP contribution in [0.5, 0.6) is 0 Å². The van der Waals surface area contributed by atoms with E-state index in [1.54, 1.807) is 13.0 Å². The molecule has 1 N–H and O–H groups in total. The van der Waals surface area contributed by atoms with Gasteiger partial charge in [0.15, 0.2) is 5.78 Å². The largest absolute Gasteiger partial charge is 0.481 e. The van der Waals surface area contributed by atoms with Crippen LogP contribution < -0.4 is 0 Å². The molecule has 92 valence electrons. The van der Waals surface area contributed by atoms with E-state index in [1.165, 1.54) is 6.08 Å². The fraction of sp³-hybridized carbons (Fsp3) is 0.200. The zero-order valence-corrected chi connectivity index (χ0v) is 10.1. The summed E-state index contributed by atoms with van der Waals surface area (Å²) in [5.41, 5.74) is 2.57. The summed E-state index contributed by atoms with van der Waals surface area (Å²) < 4.78 is 0. The smallest absolute Gasteiger partial charge is 0.310 e. The molecule has 0 aromatic heterocycles. The minimum absolute atomic E-state index is 0.0718. The number of hydrogen-bond donors (Lipinski definition) is 1. The minimum Gasteiger partial charge on any atom is -0.481 e. The number of benzene rings is 1. The molecule has 0 aliphatic heterocycles. The Labute approximate surface area is 105 Å². The van der Waals surface area contributed by atoms with Crippen LogP contribution in [0.3, 0.4) is 0 Å². The number of carbonyl (C=O) groups excluding carboxylic acids is 1. The number of hydrogen-bond acceptors (Lipinski definition) is 2. The Morgan fingerprint density at radius 1 is 1.28 bits per heavy atom. The van der Waals surface area contributed by atoms with E-state index >= 15 is 0 Å². The molecule has 0 bridgehead atoms. The molecule has 1 atom stereocenters. The average Bonchev–Trinajstić information content (AvgIpc) is 2.39. The lowest BCUT2D eigenvalue weighted by atomic mass is 9.89. The number of aliphatic carboxylic acids is 1. The van der Waals surface area contributed by atoms with E-state index in [9.17, 15) is 9.59 Å². The molecule has 0 amide bonds. The molecular formula is C15H14O3. The first-order chi connectivity index (χ1) is 8.59. The van der Waals surface area contributed by atoms with Crippen molar-refractivity contribution in [3.05, 3.63) is 53.6 Å². The molecular weight excluding hydrogens is 228 g/mol. The Hall–Kier alpha value is -2.16. The molecule has 0 fully saturated rings. The van der Waals surface area contributed by atoms with Crippen molar-refractivity contribution < 1.29 is 14.7 Å². The third kappa shape index (κ3) is 2.40. The predicted octanol–water partition coefficient (Wildman–Crippen LogP) is 2.79. The first kappa shape index (κ1) is 12.3. The molecule has 0 saturated carbocycles. The molecule has 1 aliphatic carbocycles. The highest BCUT2D eigenvalue weighted by Crippen LogP contribution is 2.28. The molecule has 1 unspecified atom stereocenters. The first-order valence-electron chi connectivity index (χ1n) is 5.83. The monoisotopic (exact) mass is 242 g/mol. The Bertz CT molecular complexity index is 553. The fourth-order valence-corrected chi connectivity index (χ4v) is 2.00. The summed E-state index contributed by atoms with van der Waals surface area (Å²) in [6.45, 7) is 1.67. The van der Waals surface area contributed by atoms with Gasteiger partial charge in [-0.05, 0) is 29.7 Å². The van der Waals surface area contributed by atoms with Gasteiger partial charge >= 0.3 is 5.97 Å². The van der Waals surface area contributed by atoms with Crippen LogP contribution in [0.25, 0.3) is 5.57 Å². The van der Waals surface area contributed by atoms with Gasteiger partial charge in [-0.2, -0.15) is 0 Å². The van der Waals surface area contributed by atoms with Crippen molar-refractivity contribution in [2.75, 3.05) is 0 Å². The number of ketones is 1. The van der Waals surface area contributed by atoms with Crippen molar-refractivity contribution in [2.24, 2.45) is 0 Å². The van der Waals surface area contributed by atoms with E-state index in [2.05, 4.69) is 0 Å². The van der Waals surface area contributed by atoms with Crippen molar-refractivity contribution in [2.45, 2.75) is 19.3 Å². The third-order valence-corrected chi connectivity index (χ3v) is 3.08. The van der Waals surface area contributed by atoms with Gasteiger partial charge in [0.1, 0.15) is 0 Å². The second-order valence-electron chi connectivity index (χ2n) is 4.31. The summed E-state index contributed by atoms with van der Waals surface area (Å²) in [7, 11) is 0. The maximum atomic E-state index is 11.1. The van der Waals surface area contributed by atoms with Crippen LogP contribution in [-0.4, -0.2) is 16.9 Å². The van der Waals surface area contributed by atoms with E-state index in [1.807, 2.05) is 30.3 Å². The van der Waals surface area contributed by atoms with Crippen molar-refractivity contribution in [3.8, 4) is 0 Å². The number of carbonyl (C=O) groups is 2. The highest BCUT2D eigenvalue weighted by atomic mass is 16.4. The van der Waals surface area contributed by atoms with Crippen LogP contribution in [0, 0.1) is 0 Å². The number of allylic oxidation sites excluding steroid dienone is 4. The maximum absolute atomic E-state index is 11.1. The SMILES string of the molecule is CC(C(=O)O)c1ccccc1C1=CCC(=O)C=C1. The van der Waals surface area contributed by atoms with Crippen molar-refractivity contribution in [1.29, 1.82) is 0 Å². The molecule has 18 heavy (non-hydrogen) atoms. The van der Waals surface area contributed by atoms with E-state index in [4.69, 9.17) is 5.11 Å². The van der Waals surface area contributed by atoms with Gasteiger partial charge in [0.05, 0.1) is 5.92 Å². The quantitative estimate of drug-likeness (QED) is 0.886. The lowest BCUT2D eigenvalue weighted by Crippen LogP contribution is -2.10. The number of carboxylic acid groups (broad SMARTS) is 1. The van der Waals surface area contributed by atoms with Crippen molar-refractivity contribution in [3.63, 3.8) is 0 Å². The van der Waals surface area contributed by atoms with Gasteiger partial charge in [0.2, 0.25) is 0 Å². The second kappa shape index (κ2) is 5.00. The summed E-state index contributed by atoms with van der Waals surface area (Å²) in [5.74, 6) is -1.34. The summed E-state index contributed by atoms with van der Waals surface area (Å²) in [4.78, 5) is 22.2. The zero-order chi connectivity index (χ0) is 13.1. The lowest BCUT2D eigenvalue weighted by Gasteiger charge is -2.15. The molecule has 0 radical (unpaired) electrons. The highest BCUT2D eigenvalue weighted by molar-refractivity contribution is 5.98. The Morgan fingerprint density at radius 2 is 2.00 bits per heavy atom. The average molecular weight is 242 g/mol. The number of carboxylic acids is 1. The third-order valence-electron chi connectivity index (χ3n) is 3.08. The van der Waals surface area contributed by atoms with Crippen LogP contribution in [0.15, 0.2) is 42.5 Å². The molecule has 0 spiro atoms. The van der Waals surface area contributed by atoms with Crippen LogP contribution in [-0.2, 0) is 9.59 Å². The van der Waals surface area contributed by atoms with Crippen LogP contribution in [0.2, 0.25) is 0 Å². The summed E-state index contributed by atoms with van der Waals surface area (Å²) >= 11 is 0. The van der Waals surface area contributed by atoms with Gasteiger partial charge in [0, 0.05) is 6.42 Å². The first-order valence-corrected chi connectivity index (χ1v) is 5.83. The molecule has 1 aliphatic rings. The summed E-state index contributed by atoms with van der Waals surface area (Å²) in [6.07, 6.45) is 5.51. The highest BCUT2D eigenvalue weighted by Gasteiger charge is 2.18. The van der Waals surface area contributed by atoms with Crippen LogP contribution in [0.4, 0.5) is 0 Å². The topological polar surface area (TPSA) is 54.4 Å². The Morgan fingerprint density at radius 3 is 2.61 bits per heavy atom. The van der Waals surface area contributed by atoms with Crippen LogP contribution >= 0.6 is 0 Å². The lowest BCUT2D eigenvalue weighted by molar-refractivity contribution is -0.138. The van der Waals surface area contributed by atoms with Crippen molar-refractivity contribution >= 4 is 17.3 Å². The second-order valence-corrected chi connectivity index (χ2v) is 4.31. The summed E-state index contributed by atoms with van der Waals surface area (Å²) in [6, 6.07) is 7.41. The van der Waals surface area contributed by atoms with E-state index < -0.39 is 11.9 Å². The van der Waals surface area contributed by atoms with Gasteiger partial charge in [0.25, 0.3) is 0 Å². The number of rotatable bonds is 3. The summed E-state index contributed by atoms with van der Waals surface area (Å²) in [5, 5.41) is 9.11.